The molecule has 0 atom stereocenters. The summed E-state index contributed by atoms with van der Waals surface area (Å²) in [5.74, 6) is 0. The van der Waals surface area contributed by atoms with Crippen molar-refractivity contribution in [2.45, 2.75) is 0 Å². The second-order valence-electron chi connectivity index (χ2n) is 2.80. The van der Waals surface area contributed by atoms with Crippen molar-refractivity contribution in [2.75, 3.05) is 0 Å². The third kappa shape index (κ3) is 1.37. The Balaban J connectivity index is 2.94. The van der Waals surface area contributed by atoms with Crippen molar-refractivity contribution in [3.05, 3.63) is 28.6 Å². The second kappa shape index (κ2) is 3.37. The zero-order chi connectivity index (χ0) is 11.0. The van der Waals surface area contributed by atoms with Gasteiger partial charge in [0.05, 0.1) is 5.52 Å². The quantitative estimate of drug-likeness (QED) is 0.792. The monoisotopic (exact) mass is 265 g/mol. The van der Waals surface area contributed by atoms with Gasteiger partial charge in [-0.2, -0.15) is 5.26 Å². The van der Waals surface area contributed by atoms with Gasteiger partial charge in [-0.1, -0.05) is 0 Å². The van der Waals surface area contributed by atoms with Gasteiger partial charge in [-0.3, -0.25) is 0 Å². The van der Waals surface area contributed by atoms with Gasteiger partial charge < -0.3 is 5.11 Å². The summed E-state index contributed by atoms with van der Waals surface area (Å²) >= 11 is 3.24. The number of hydrogen-bond acceptors (Lipinski definition) is 3. The van der Waals surface area contributed by atoms with Gasteiger partial charge in [0.25, 0.3) is 0 Å². The molecule has 0 saturated carbocycles. The van der Waals surface area contributed by atoms with E-state index >= 15 is 0 Å². The minimum Gasteiger partial charge on any atom is -0.464 e. The molecule has 0 unspecified atom stereocenters. The molecule has 0 aliphatic rings. The molecule has 1 N–H and O–H groups in total. The normalized spacial score (nSPS) is 10.1. The van der Waals surface area contributed by atoms with Crippen LogP contribution in [0.4, 0.5) is 4.79 Å². The first-order chi connectivity index (χ1) is 7.15. The number of halogens is 1. The molecular weight excluding hydrogens is 262 g/mol. The molecule has 15 heavy (non-hydrogen) atoms. The van der Waals surface area contributed by atoms with Crippen LogP contribution in [0.5, 0.6) is 0 Å². The van der Waals surface area contributed by atoms with Crippen LogP contribution in [0.3, 0.4) is 0 Å². The molecule has 6 heteroatoms. The molecule has 2 rings (SSSR count). The van der Waals surface area contributed by atoms with E-state index in [1.807, 2.05) is 6.07 Å². The van der Waals surface area contributed by atoms with E-state index in [1.165, 1.54) is 12.4 Å². The summed E-state index contributed by atoms with van der Waals surface area (Å²) in [5, 5.41) is 18.4. The Bertz CT molecular complexity index is 597. The smallest absolute Gasteiger partial charge is 0.416 e. The summed E-state index contributed by atoms with van der Waals surface area (Å²) in [6.45, 7) is 0. The fourth-order valence-corrected chi connectivity index (χ4v) is 1.78. The van der Waals surface area contributed by atoms with Gasteiger partial charge in [0, 0.05) is 22.3 Å². The predicted molar refractivity (Wildman–Crippen MR) is 55.6 cm³/mol. The highest BCUT2D eigenvalue weighted by Crippen LogP contribution is 2.25. The largest absolute Gasteiger partial charge is 0.464 e. The fourth-order valence-electron chi connectivity index (χ4n) is 1.36. The van der Waals surface area contributed by atoms with Gasteiger partial charge >= 0.3 is 6.09 Å². The van der Waals surface area contributed by atoms with Gasteiger partial charge in [-0.15, -0.1) is 0 Å². The van der Waals surface area contributed by atoms with E-state index in [4.69, 9.17) is 10.4 Å². The van der Waals surface area contributed by atoms with Gasteiger partial charge in [0.15, 0.2) is 5.69 Å². The minimum atomic E-state index is -1.14. The van der Waals surface area contributed by atoms with Gasteiger partial charge in [-0.05, 0) is 22.0 Å². The van der Waals surface area contributed by atoms with Crippen LogP contribution in [0, 0.1) is 11.3 Å². The van der Waals surface area contributed by atoms with Crippen molar-refractivity contribution in [1.82, 2.24) is 9.55 Å². The van der Waals surface area contributed by atoms with E-state index in [1.54, 1.807) is 6.07 Å². The molecule has 0 amide bonds. The Kier molecular flexibility index (Phi) is 2.17. The highest BCUT2D eigenvalue weighted by molar-refractivity contribution is 9.10. The third-order valence-corrected chi connectivity index (χ3v) is 2.62. The number of nitrogens with zero attached hydrogens (tertiary/aromatic N) is 3. The SMILES string of the molecule is N#Cc1ncc(Br)c2ccn(C(=O)O)c12. The van der Waals surface area contributed by atoms with Crippen molar-refractivity contribution in [3.63, 3.8) is 0 Å². The maximum Gasteiger partial charge on any atom is 0.416 e. The summed E-state index contributed by atoms with van der Waals surface area (Å²) in [7, 11) is 0. The number of carboxylic acid groups (broad SMARTS) is 1. The van der Waals surface area contributed by atoms with E-state index in [-0.39, 0.29) is 5.69 Å². The fraction of sp³-hybridized carbons (Fsp3) is 0. The number of pyridine rings is 1. The molecule has 0 spiro atoms. The van der Waals surface area contributed by atoms with Crippen molar-refractivity contribution in [2.24, 2.45) is 0 Å². The molecule has 0 aliphatic carbocycles. The highest BCUT2D eigenvalue weighted by Gasteiger charge is 2.13. The summed E-state index contributed by atoms with van der Waals surface area (Å²) < 4.78 is 1.64. The average Bonchev–Trinajstić information content (AvgIpc) is 2.64. The van der Waals surface area contributed by atoms with Crippen LogP contribution in [0.2, 0.25) is 0 Å². The van der Waals surface area contributed by atoms with Crippen LogP contribution in [0.25, 0.3) is 10.9 Å². The van der Waals surface area contributed by atoms with E-state index in [0.717, 1.165) is 4.57 Å². The minimum absolute atomic E-state index is 0.0978. The number of nitriles is 1. The lowest BCUT2D eigenvalue weighted by atomic mass is 10.2. The van der Waals surface area contributed by atoms with Crippen LogP contribution in [0.15, 0.2) is 22.9 Å². The maximum absolute atomic E-state index is 10.9. The van der Waals surface area contributed by atoms with Gasteiger partial charge in [-0.25, -0.2) is 14.3 Å². The number of fused-ring (bicyclic) bond motifs is 1. The molecule has 74 valence electrons. The summed E-state index contributed by atoms with van der Waals surface area (Å²) in [6, 6.07) is 3.48. The predicted octanol–water partition coefficient (Wildman–Crippen LogP) is 2.20. The topological polar surface area (TPSA) is 78.9 Å². The second-order valence-corrected chi connectivity index (χ2v) is 3.65. The lowest BCUT2D eigenvalue weighted by Gasteiger charge is -2.00. The lowest BCUT2D eigenvalue weighted by Crippen LogP contribution is -2.07. The average molecular weight is 266 g/mol. The van der Waals surface area contributed by atoms with E-state index in [9.17, 15) is 4.79 Å². The van der Waals surface area contributed by atoms with Crippen LogP contribution < -0.4 is 0 Å². The summed E-state index contributed by atoms with van der Waals surface area (Å²) in [4.78, 5) is 14.7. The summed E-state index contributed by atoms with van der Waals surface area (Å²) in [5.41, 5.74) is 0.403. The molecule has 0 bridgehead atoms. The molecule has 2 aromatic heterocycles. The first kappa shape index (κ1) is 9.68. The highest BCUT2D eigenvalue weighted by atomic mass is 79.9. The van der Waals surface area contributed by atoms with E-state index in [2.05, 4.69) is 20.9 Å². The third-order valence-electron chi connectivity index (χ3n) is 1.99. The van der Waals surface area contributed by atoms with Crippen molar-refractivity contribution in [3.8, 4) is 6.07 Å². The van der Waals surface area contributed by atoms with Crippen molar-refractivity contribution in [1.29, 1.82) is 5.26 Å². The Labute approximate surface area is 92.7 Å². The maximum atomic E-state index is 10.9. The number of aromatic nitrogens is 2. The van der Waals surface area contributed by atoms with Crippen LogP contribution in [0.1, 0.15) is 5.69 Å². The van der Waals surface area contributed by atoms with Gasteiger partial charge in [0.1, 0.15) is 6.07 Å². The van der Waals surface area contributed by atoms with Crippen molar-refractivity contribution < 1.29 is 9.90 Å². The Morgan fingerprint density at radius 1 is 1.67 bits per heavy atom. The Morgan fingerprint density at radius 2 is 2.40 bits per heavy atom. The van der Waals surface area contributed by atoms with Crippen LogP contribution in [-0.2, 0) is 0 Å². The van der Waals surface area contributed by atoms with Crippen LogP contribution >= 0.6 is 15.9 Å². The molecule has 0 aromatic carbocycles. The molecule has 0 radical (unpaired) electrons. The molecule has 2 aromatic rings. The van der Waals surface area contributed by atoms with Gasteiger partial charge in [0.2, 0.25) is 0 Å². The summed E-state index contributed by atoms with van der Waals surface area (Å²) in [6.07, 6.45) is 1.73. The number of carbonyl (C=O) groups is 1. The molecule has 0 aliphatic heterocycles. The Hall–Kier alpha value is -1.87. The molecule has 0 fully saturated rings. The number of rotatable bonds is 0. The van der Waals surface area contributed by atoms with E-state index in [0.29, 0.717) is 15.4 Å². The van der Waals surface area contributed by atoms with E-state index < -0.39 is 6.09 Å². The molecule has 5 nitrogen and oxygen atoms in total. The molecular formula is C9H4BrN3O2. The zero-order valence-corrected chi connectivity index (χ0v) is 8.89. The first-order valence-corrected chi connectivity index (χ1v) is 4.73. The Morgan fingerprint density at radius 3 is 3.00 bits per heavy atom. The molecule has 2 heterocycles. The van der Waals surface area contributed by atoms with Crippen molar-refractivity contribution >= 4 is 32.9 Å². The number of hydrogen-bond donors (Lipinski definition) is 1. The zero-order valence-electron chi connectivity index (χ0n) is 7.31. The standard InChI is InChI=1S/C9H4BrN3O2/c10-6-4-12-7(3-11)8-5(6)1-2-13(8)9(14)15/h1-2,4H,(H,14,15). The first-order valence-electron chi connectivity index (χ1n) is 3.94. The lowest BCUT2D eigenvalue weighted by molar-refractivity contribution is 0.197. The van der Waals surface area contributed by atoms with Crippen LogP contribution in [-0.4, -0.2) is 20.8 Å². The molecule has 0 saturated heterocycles.